The fourth-order valence-corrected chi connectivity index (χ4v) is 1.87. The minimum Gasteiger partial charge on any atom is -0.473 e. The van der Waals surface area contributed by atoms with Gasteiger partial charge in [-0.3, -0.25) is 4.79 Å². The summed E-state index contributed by atoms with van der Waals surface area (Å²) in [7, 11) is 1.39. The highest BCUT2D eigenvalue weighted by molar-refractivity contribution is 5.76. The van der Waals surface area contributed by atoms with Gasteiger partial charge in [-0.25, -0.2) is 4.98 Å². The number of carbonyl (C=O) groups excluding carboxylic acids is 1. The topological polar surface area (TPSA) is 60.5 Å². The Hall–Kier alpha value is -1.62. The Bertz CT molecular complexity index is 408. The van der Waals surface area contributed by atoms with E-state index in [0.717, 1.165) is 5.56 Å². The monoisotopic (exact) mass is 236 g/mol. The van der Waals surface area contributed by atoms with Crippen LogP contribution in [0.5, 0.6) is 5.88 Å². The molecule has 0 bridgehead atoms. The van der Waals surface area contributed by atoms with Gasteiger partial charge in [-0.15, -0.1) is 0 Å². The molecule has 1 N–H and O–H groups in total. The Morgan fingerprint density at radius 1 is 1.59 bits per heavy atom. The number of methoxy groups -OCH3 is 1. The fraction of sp³-hybridized carbons (Fsp3) is 0.500. The van der Waals surface area contributed by atoms with Gasteiger partial charge in [-0.05, 0) is 13.0 Å². The molecule has 0 radical (unpaired) electrons. The van der Waals surface area contributed by atoms with Crippen molar-refractivity contribution < 1.29 is 14.3 Å². The van der Waals surface area contributed by atoms with Crippen LogP contribution in [0, 0.1) is 6.92 Å². The molecule has 1 aromatic rings. The lowest BCUT2D eigenvalue weighted by atomic mass is 10.2. The average Bonchev–Trinajstić information content (AvgIpc) is 2.80. The molecule has 1 aromatic heterocycles. The van der Waals surface area contributed by atoms with Crippen molar-refractivity contribution in [1.82, 2.24) is 10.3 Å². The van der Waals surface area contributed by atoms with Gasteiger partial charge in [0.1, 0.15) is 12.1 Å². The zero-order valence-corrected chi connectivity index (χ0v) is 9.97. The van der Waals surface area contributed by atoms with E-state index in [1.807, 2.05) is 19.1 Å². The van der Waals surface area contributed by atoms with E-state index < -0.39 is 0 Å². The molecule has 0 aromatic carbocycles. The second kappa shape index (κ2) is 5.14. The van der Waals surface area contributed by atoms with E-state index in [4.69, 9.17) is 4.74 Å². The number of hydrogen-bond donors (Lipinski definition) is 1. The number of rotatable bonds is 3. The summed E-state index contributed by atoms with van der Waals surface area (Å²) < 4.78 is 10.4. The number of nitrogens with one attached hydrogen (secondary N) is 1. The van der Waals surface area contributed by atoms with Gasteiger partial charge in [0, 0.05) is 24.7 Å². The van der Waals surface area contributed by atoms with Gasteiger partial charge in [0.25, 0.3) is 0 Å². The van der Waals surface area contributed by atoms with E-state index in [0.29, 0.717) is 18.8 Å². The first-order valence-electron chi connectivity index (χ1n) is 5.60. The molecule has 2 rings (SSSR count). The van der Waals surface area contributed by atoms with Crippen LogP contribution in [0.1, 0.15) is 12.0 Å². The molecule has 2 atom stereocenters. The number of aryl methyl sites for hydroxylation is 1. The zero-order valence-electron chi connectivity index (χ0n) is 9.97. The van der Waals surface area contributed by atoms with Crippen molar-refractivity contribution in [3.63, 3.8) is 0 Å². The van der Waals surface area contributed by atoms with E-state index in [-0.39, 0.29) is 18.1 Å². The van der Waals surface area contributed by atoms with E-state index in [1.54, 1.807) is 6.20 Å². The van der Waals surface area contributed by atoms with Crippen molar-refractivity contribution >= 4 is 5.97 Å². The molecule has 0 aliphatic carbocycles. The standard InChI is InChI=1S/C12H16N2O3/c1-8-4-3-5-13-11(8)17-9-6-10(14-7-9)12(15)16-2/h3-5,9-10,14H,6-7H2,1-2H3/t9-,10+/m1/s1. The molecule has 92 valence electrons. The van der Waals surface area contributed by atoms with Gasteiger partial charge in [0.05, 0.1) is 7.11 Å². The lowest BCUT2D eigenvalue weighted by molar-refractivity contribution is -0.142. The summed E-state index contributed by atoms with van der Waals surface area (Å²) >= 11 is 0. The zero-order chi connectivity index (χ0) is 12.3. The van der Waals surface area contributed by atoms with Crippen LogP contribution in [0.15, 0.2) is 18.3 Å². The molecule has 1 aliphatic rings. The van der Waals surface area contributed by atoms with Crippen molar-refractivity contribution in [2.75, 3.05) is 13.7 Å². The fourth-order valence-electron chi connectivity index (χ4n) is 1.87. The SMILES string of the molecule is COC(=O)[C@@H]1C[C@@H](Oc2ncccc2C)CN1. The highest BCUT2D eigenvalue weighted by Gasteiger charge is 2.31. The summed E-state index contributed by atoms with van der Waals surface area (Å²) in [4.78, 5) is 15.5. The number of nitrogens with zero attached hydrogens (tertiary/aromatic N) is 1. The predicted molar refractivity (Wildman–Crippen MR) is 61.8 cm³/mol. The number of pyridine rings is 1. The molecule has 0 unspecified atom stereocenters. The van der Waals surface area contributed by atoms with Crippen LogP contribution in [0.2, 0.25) is 0 Å². The third-order valence-corrected chi connectivity index (χ3v) is 2.82. The van der Waals surface area contributed by atoms with Gasteiger partial charge in [0.2, 0.25) is 5.88 Å². The molecule has 5 heteroatoms. The molecule has 0 spiro atoms. The van der Waals surface area contributed by atoms with Crippen molar-refractivity contribution in [3.8, 4) is 5.88 Å². The minimum absolute atomic E-state index is 0.0345. The van der Waals surface area contributed by atoms with Crippen LogP contribution in [-0.4, -0.2) is 36.8 Å². The first-order valence-corrected chi connectivity index (χ1v) is 5.60. The van der Waals surface area contributed by atoms with Crippen LogP contribution >= 0.6 is 0 Å². The molecule has 2 heterocycles. The molecule has 0 saturated carbocycles. The first kappa shape index (κ1) is 11.9. The number of hydrogen-bond acceptors (Lipinski definition) is 5. The number of aromatic nitrogens is 1. The highest BCUT2D eigenvalue weighted by atomic mass is 16.5. The third-order valence-electron chi connectivity index (χ3n) is 2.82. The van der Waals surface area contributed by atoms with Crippen molar-refractivity contribution in [2.24, 2.45) is 0 Å². The normalized spacial score (nSPS) is 23.4. The van der Waals surface area contributed by atoms with E-state index >= 15 is 0 Å². The largest absolute Gasteiger partial charge is 0.473 e. The van der Waals surface area contributed by atoms with Gasteiger partial charge in [0.15, 0.2) is 0 Å². The van der Waals surface area contributed by atoms with Crippen LogP contribution in [0.3, 0.4) is 0 Å². The highest BCUT2D eigenvalue weighted by Crippen LogP contribution is 2.18. The van der Waals surface area contributed by atoms with Gasteiger partial charge >= 0.3 is 5.97 Å². The van der Waals surface area contributed by atoms with Gasteiger partial charge in [-0.2, -0.15) is 0 Å². The van der Waals surface area contributed by atoms with Crippen LogP contribution < -0.4 is 10.1 Å². The molecule has 0 amide bonds. The maximum atomic E-state index is 11.3. The summed E-state index contributed by atoms with van der Waals surface area (Å²) in [5, 5.41) is 3.07. The Kier molecular flexibility index (Phi) is 3.58. The minimum atomic E-state index is -0.269. The second-order valence-electron chi connectivity index (χ2n) is 4.09. The predicted octanol–water partition coefficient (Wildman–Crippen LogP) is 0.672. The second-order valence-corrected chi connectivity index (χ2v) is 4.09. The van der Waals surface area contributed by atoms with Crippen molar-refractivity contribution in [2.45, 2.75) is 25.5 Å². The van der Waals surface area contributed by atoms with E-state index in [9.17, 15) is 4.79 Å². The van der Waals surface area contributed by atoms with Crippen LogP contribution in [0.4, 0.5) is 0 Å². The van der Waals surface area contributed by atoms with E-state index in [1.165, 1.54) is 7.11 Å². The Morgan fingerprint density at radius 3 is 3.12 bits per heavy atom. The van der Waals surface area contributed by atoms with Gasteiger partial charge in [-0.1, -0.05) is 6.07 Å². The molecular weight excluding hydrogens is 220 g/mol. The molecular formula is C12H16N2O3. The summed E-state index contributed by atoms with van der Waals surface area (Å²) in [5.41, 5.74) is 0.994. The third kappa shape index (κ3) is 2.74. The maximum Gasteiger partial charge on any atom is 0.323 e. The summed E-state index contributed by atoms with van der Waals surface area (Å²) in [6.07, 6.45) is 2.28. The van der Waals surface area contributed by atoms with Gasteiger partial charge < -0.3 is 14.8 Å². The number of carbonyl (C=O) groups is 1. The van der Waals surface area contributed by atoms with E-state index in [2.05, 4.69) is 15.0 Å². The maximum absolute atomic E-state index is 11.3. The average molecular weight is 236 g/mol. The van der Waals surface area contributed by atoms with Crippen LogP contribution in [-0.2, 0) is 9.53 Å². The van der Waals surface area contributed by atoms with Crippen LogP contribution in [0.25, 0.3) is 0 Å². The molecule has 1 saturated heterocycles. The molecule has 1 fully saturated rings. The van der Waals surface area contributed by atoms with Crippen molar-refractivity contribution in [3.05, 3.63) is 23.9 Å². The summed E-state index contributed by atoms with van der Waals surface area (Å²) in [6.45, 7) is 2.58. The molecule has 17 heavy (non-hydrogen) atoms. The molecule has 1 aliphatic heterocycles. The molecule has 5 nitrogen and oxygen atoms in total. The Morgan fingerprint density at radius 2 is 2.41 bits per heavy atom. The first-order chi connectivity index (χ1) is 8.20. The quantitative estimate of drug-likeness (QED) is 0.782. The number of ether oxygens (including phenoxy) is 2. The summed E-state index contributed by atoms with van der Waals surface area (Å²) in [6, 6.07) is 3.54. The Labute approximate surface area is 100 Å². The van der Waals surface area contributed by atoms with Crippen molar-refractivity contribution in [1.29, 1.82) is 0 Å². The summed E-state index contributed by atoms with van der Waals surface area (Å²) in [5.74, 6) is 0.388. The lowest BCUT2D eigenvalue weighted by Crippen LogP contribution is -2.31. The lowest BCUT2D eigenvalue weighted by Gasteiger charge is -2.13. The number of esters is 1. The Balaban J connectivity index is 1.94. The smallest absolute Gasteiger partial charge is 0.323 e.